The highest BCUT2D eigenvalue weighted by atomic mass is 32.2. The first-order valence-corrected chi connectivity index (χ1v) is 9.04. The van der Waals surface area contributed by atoms with Crippen molar-refractivity contribution < 1.29 is 9.53 Å². The third kappa shape index (κ3) is 4.36. The average molecular weight is 341 g/mol. The number of aromatic nitrogens is 2. The number of anilines is 1. The van der Waals surface area contributed by atoms with Gasteiger partial charge >= 0.3 is 0 Å². The van der Waals surface area contributed by atoms with Crippen LogP contribution in [-0.4, -0.2) is 34.7 Å². The molecule has 2 rings (SSSR count). The first-order valence-electron chi connectivity index (χ1n) is 6.12. The number of nitrogens with zero attached hydrogens (tertiary/aromatic N) is 2. The van der Waals surface area contributed by atoms with Crippen molar-refractivity contribution in [2.24, 2.45) is 0 Å². The highest BCUT2D eigenvalue weighted by Gasteiger charge is 2.18. The molecule has 2 aromatic rings. The van der Waals surface area contributed by atoms with E-state index in [2.05, 4.69) is 15.5 Å². The van der Waals surface area contributed by atoms with E-state index in [0.29, 0.717) is 11.4 Å². The van der Waals surface area contributed by atoms with E-state index in [1.165, 1.54) is 23.1 Å². The van der Waals surface area contributed by atoms with Crippen LogP contribution in [-0.2, 0) is 4.79 Å². The van der Waals surface area contributed by atoms with Crippen molar-refractivity contribution in [3.8, 4) is 5.75 Å². The maximum atomic E-state index is 12.2. The highest BCUT2D eigenvalue weighted by Crippen LogP contribution is 2.31. The standard InChI is InChI=1S/C13H15N3O2S3/c1-8(20-13-16-15-12(19-3)21-13)11(17)14-9-6-4-5-7-10(9)18-2/h4-8H,1-3H3,(H,14,17)/t8-/m1/s1. The maximum absolute atomic E-state index is 12.2. The second-order valence-corrected chi connectivity index (χ2v) is 7.61. The Morgan fingerprint density at radius 3 is 2.71 bits per heavy atom. The number of methoxy groups -OCH3 is 1. The van der Waals surface area contributed by atoms with Crippen molar-refractivity contribution in [1.82, 2.24) is 10.2 Å². The summed E-state index contributed by atoms with van der Waals surface area (Å²) < 4.78 is 6.91. The van der Waals surface area contributed by atoms with Crippen molar-refractivity contribution in [1.29, 1.82) is 0 Å². The largest absolute Gasteiger partial charge is 0.495 e. The van der Waals surface area contributed by atoms with Crippen LogP contribution in [0.5, 0.6) is 5.75 Å². The van der Waals surface area contributed by atoms with Crippen LogP contribution in [0.2, 0.25) is 0 Å². The molecule has 1 atom stereocenters. The summed E-state index contributed by atoms with van der Waals surface area (Å²) in [6, 6.07) is 7.33. The molecule has 0 bridgehead atoms. The number of carbonyl (C=O) groups is 1. The Morgan fingerprint density at radius 1 is 1.33 bits per heavy atom. The number of rotatable bonds is 6. The van der Waals surface area contributed by atoms with Gasteiger partial charge in [0.25, 0.3) is 0 Å². The van der Waals surface area contributed by atoms with Gasteiger partial charge in [-0.1, -0.05) is 47.0 Å². The Balaban J connectivity index is 1.99. The number of nitrogens with one attached hydrogen (secondary N) is 1. The molecular weight excluding hydrogens is 326 g/mol. The first-order chi connectivity index (χ1) is 10.1. The van der Waals surface area contributed by atoms with E-state index < -0.39 is 0 Å². The smallest absolute Gasteiger partial charge is 0.237 e. The second kappa shape index (κ2) is 7.67. The summed E-state index contributed by atoms with van der Waals surface area (Å²) in [7, 11) is 1.58. The van der Waals surface area contributed by atoms with Gasteiger partial charge in [-0.3, -0.25) is 4.79 Å². The molecule has 8 heteroatoms. The zero-order valence-corrected chi connectivity index (χ0v) is 14.3. The van der Waals surface area contributed by atoms with Crippen molar-refractivity contribution >= 4 is 46.5 Å². The SMILES string of the molecule is COc1ccccc1NC(=O)[C@@H](C)Sc1nnc(SC)s1. The molecule has 0 aliphatic carbocycles. The molecule has 5 nitrogen and oxygen atoms in total. The van der Waals surface area contributed by atoms with Gasteiger partial charge < -0.3 is 10.1 Å². The van der Waals surface area contributed by atoms with Gasteiger partial charge in [-0.2, -0.15) is 0 Å². The van der Waals surface area contributed by atoms with E-state index in [4.69, 9.17) is 4.74 Å². The summed E-state index contributed by atoms with van der Waals surface area (Å²) in [5.74, 6) is 0.550. The Hall–Kier alpha value is -1.25. The topological polar surface area (TPSA) is 64.1 Å². The lowest BCUT2D eigenvalue weighted by molar-refractivity contribution is -0.115. The van der Waals surface area contributed by atoms with Gasteiger partial charge in [0.2, 0.25) is 5.91 Å². The molecule has 0 saturated heterocycles. The predicted octanol–water partition coefficient (Wildman–Crippen LogP) is 3.39. The molecular formula is C13H15N3O2S3. The Bertz CT molecular complexity index is 618. The minimum Gasteiger partial charge on any atom is -0.495 e. The quantitative estimate of drug-likeness (QED) is 0.813. The van der Waals surface area contributed by atoms with Crippen LogP contribution in [0, 0.1) is 0 Å². The van der Waals surface area contributed by atoms with Crippen LogP contribution < -0.4 is 10.1 Å². The summed E-state index contributed by atoms with van der Waals surface area (Å²) in [6.07, 6.45) is 1.95. The monoisotopic (exact) mass is 341 g/mol. The first kappa shape index (κ1) is 16.1. The van der Waals surface area contributed by atoms with Crippen LogP contribution in [0.15, 0.2) is 32.9 Å². The van der Waals surface area contributed by atoms with Gasteiger partial charge in [0, 0.05) is 0 Å². The molecule has 0 unspecified atom stereocenters. The molecule has 0 radical (unpaired) electrons. The lowest BCUT2D eigenvalue weighted by Crippen LogP contribution is -2.22. The molecule has 0 aliphatic heterocycles. The fraction of sp³-hybridized carbons (Fsp3) is 0.308. The van der Waals surface area contributed by atoms with E-state index in [9.17, 15) is 4.79 Å². The lowest BCUT2D eigenvalue weighted by atomic mass is 10.3. The molecule has 0 spiro atoms. The van der Waals surface area contributed by atoms with E-state index in [-0.39, 0.29) is 11.2 Å². The zero-order valence-electron chi connectivity index (χ0n) is 11.8. The minimum absolute atomic E-state index is 0.0922. The number of hydrogen-bond acceptors (Lipinski definition) is 7. The Labute approximate surface area is 135 Å². The number of ether oxygens (including phenoxy) is 1. The molecule has 1 N–H and O–H groups in total. The van der Waals surface area contributed by atoms with Gasteiger partial charge in [-0.15, -0.1) is 10.2 Å². The normalized spacial score (nSPS) is 12.0. The summed E-state index contributed by atoms with van der Waals surface area (Å²) in [6.45, 7) is 1.84. The number of amides is 1. The lowest BCUT2D eigenvalue weighted by Gasteiger charge is -2.12. The number of para-hydroxylation sites is 2. The van der Waals surface area contributed by atoms with E-state index in [1.54, 1.807) is 18.9 Å². The van der Waals surface area contributed by atoms with Gasteiger partial charge in [0.05, 0.1) is 18.0 Å². The van der Waals surface area contributed by atoms with Crippen LogP contribution in [0.1, 0.15) is 6.92 Å². The molecule has 21 heavy (non-hydrogen) atoms. The zero-order chi connectivity index (χ0) is 15.2. The second-order valence-electron chi connectivity index (χ2n) is 3.99. The van der Waals surface area contributed by atoms with Crippen LogP contribution in [0.25, 0.3) is 0 Å². The third-order valence-corrected chi connectivity index (χ3v) is 5.66. The van der Waals surface area contributed by atoms with Gasteiger partial charge in [0.1, 0.15) is 5.75 Å². The number of hydrogen-bond donors (Lipinski definition) is 1. The highest BCUT2D eigenvalue weighted by molar-refractivity contribution is 8.03. The Kier molecular flexibility index (Phi) is 5.89. The Morgan fingerprint density at radius 2 is 2.05 bits per heavy atom. The van der Waals surface area contributed by atoms with E-state index >= 15 is 0 Å². The third-order valence-electron chi connectivity index (χ3n) is 2.57. The summed E-state index contributed by atoms with van der Waals surface area (Å²) in [4.78, 5) is 12.2. The van der Waals surface area contributed by atoms with Crippen molar-refractivity contribution in [2.75, 3.05) is 18.7 Å². The van der Waals surface area contributed by atoms with Crippen LogP contribution in [0.3, 0.4) is 0 Å². The molecule has 1 aromatic carbocycles. The fourth-order valence-corrected chi connectivity index (χ4v) is 4.10. The van der Waals surface area contributed by atoms with Crippen LogP contribution in [0.4, 0.5) is 5.69 Å². The fourth-order valence-electron chi connectivity index (χ4n) is 1.51. The van der Waals surface area contributed by atoms with E-state index in [0.717, 1.165) is 8.68 Å². The number of thioether (sulfide) groups is 2. The van der Waals surface area contributed by atoms with Crippen molar-refractivity contribution in [3.05, 3.63) is 24.3 Å². The molecule has 1 aromatic heterocycles. The molecule has 112 valence electrons. The van der Waals surface area contributed by atoms with Crippen LogP contribution >= 0.6 is 34.9 Å². The molecule has 1 heterocycles. The van der Waals surface area contributed by atoms with Gasteiger partial charge in [-0.25, -0.2) is 0 Å². The van der Waals surface area contributed by atoms with Crippen molar-refractivity contribution in [2.45, 2.75) is 20.9 Å². The molecule has 0 aliphatic rings. The minimum atomic E-state index is -0.266. The molecule has 0 fully saturated rings. The predicted molar refractivity (Wildman–Crippen MR) is 88.6 cm³/mol. The molecule has 0 saturated carbocycles. The summed E-state index contributed by atoms with van der Waals surface area (Å²) in [5, 5.41) is 10.7. The number of carbonyl (C=O) groups excluding carboxylic acids is 1. The van der Waals surface area contributed by atoms with Crippen molar-refractivity contribution in [3.63, 3.8) is 0 Å². The van der Waals surface area contributed by atoms with Gasteiger partial charge in [-0.05, 0) is 25.3 Å². The molecule has 1 amide bonds. The summed E-state index contributed by atoms with van der Waals surface area (Å²) in [5.41, 5.74) is 0.666. The average Bonchev–Trinajstić information content (AvgIpc) is 2.95. The van der Waals surface area contributed by atoms with Gasteiger partial charge in [0.15, 0.2) is 8.68 Å². The maximum Gasteiger partial charge on any atom is 0.237 e. The summed E-state index contributed by atoms with van der Waals surface area (Å²) >= 11 is 4.44. The number of benzene rings is 1. The van der Waals surface area contributed by atoms with E-state index in [1.807, 2.05) is 37.4 Å².